The number of nitrogens with one attached hydrogen (secondary N) is 1. The van der Waals surface area contributed by atoms with E-state index in [0.29, 0.717) is 61.3 Å². The van der Waals surface area contributed by atoms with Crippen molar-refractivity contribution in [2.24, 2.45) is 0 Å². The number of likely N-dealkylation sites (tertiary alicyclic amines) is 1. The van der Waals surface area contributed by atoms with Crippen LogP contribution in [0, 0.1) is 0 Å². The van der Waals surface area contributed by atoms with E-state index in [1.165, 1.54) is 22.8 Å². The lowest BCUT2D eigenvalue weighted by molar-refractivity contribution is -0.0980. The van der Waals surface area contributed by atoms with Gasteiger partial charge in [-0.3, -0.25) is 8.61 Å². The average molecular weight is 857 g/mol. The molecule has 0 atom stereocenters. The highest BCUT2D eigenvalue weighted by molar-refractivity contribution is 7.93. The molecule has 2 fully saturated rings. The van der Waals surface area contributed by atoms with E-state index in [1.54, 1.807) is 60.7 Å². The van der Waals surface area contributed by atoms with Gasteiger partial charge in [0.2, 0.25) is 20.0 Å². The van der Waals surface area contributed by atoms with Crippen molar-refractivity contribution < 1.29 is 40.7 Å². The topological polar surface area (TPSA) is 160 Å². The molecule has 0 radical (unpaired) electrons. The smallest absolute Gasteiger partial charge is 0.337 e. The van der Waals surface area contributed by atoms with E-state index in [4.69, 9.17) is 14.3 Å². The highest BCUT2D eigenvalue weighted by Gasteiger charge is 2.35. The van der Waals surface area contributed by atoms with Crippen molar-refractivity contribution in [3.8, 4) is 0 Å². The fourth-order valence-electron chi connectivity index (χ4n) is 6.64. The number of ether oxygens (including phenoxy) is 2. The van der Waals surface area contributed by atoms with Gasteiger partial charge in [0.1, 0.15) is 6.79 Å². The number of sulfonamides is 2. The molecule has 0 aliphatic carbocycles. The minimum atomic E-state index is -3.51. The number of piperidine rings is 2. The van der Waals surface area contributed by atoms with Gasteiger partial charge in [-0.15, -0.1) is 12.4 Å². The van der Waals surface area contributed by atoms with Gasteiger partial charge < -0.3 is 24.5 Å². The Kier molecular flexibility index (Phi) is 18.8. The number of methoxy groups -OCH3 is 2. The SMILES string of the molecule is C=O.COC(=O)c1ccc(CN(c2ccccc2)S(=O)(=O)C2CCN(C)CC2)cc1.COC(=O)c1ccc(CN(c2ccccc2)S(=O)(=O)C2CCNCC2)cc1.Cl. The molecule has 1 N–H and O–H groups in total. The van der Waals surface area contributed by atoms with E-state index >= 15 is 0 Å². The molecule has 2 heterocycles. The molecule has 0 saturated carbocycles. The Morgan fingerprint density at radius 1 is 0.621 bits per heavy atom. The summed E-state index contributed by atoms with van der Waals surface area (Å²) in [7, 11) is -2.34. The van der Waals surface area contributed by atoms with Crippen LogP contribution in [0.15, 0.2) is 109 Å². The Hall–Kier alpha value is -4.80. The summed E-state index contributed by atoms with van der Waals surface area (Å²) in [5.74, 6) is -0.825. The maximum absolute atomic E-state index is 13.5. The minimum Gasteiger partial charge on any atom is -0.465 e. The second-order valence-electron chi connectivity index (χ2n) is 13.6. The van der Waals surface area contributed by atoms with Crippen LogP contribution < -0.4 is 13.9 Å². The molecule has 16 heteroatoms. The van der Waals surface area contributed by atoms with E-state index in [2.05, 4.69) is 10.2 Å². The lowest BCUT2D eigenvalue weighted by Gasteiger charge is -2.34. The molecule has 2 aliphatic heterocycles. The molecular formula is C42H53ClN4O9S2. The molecule has 0 unspecified atom stereocenters. The number of nitrogens with zero attached hydrogens (tertiary/aromatic N) is 3. The van der Waals surface area contributed by atoms with E-state index in [0.717, 1.165) is 24.2 Å². The molecule has 13 nitrogen and oxygen atoms in total. The first-order valence-corrected chi connectivity index (χ1v) is 21.6. The minimum absolute atomic E-state index is 0. The fraction of sp³-hybridized carbons (Fsp3) is 0.357. The van der Waals surface area contributed by atoms with Gasteiger partial charge in [-0.25, -0.2) is 26.4 Å². The second-order valence-corrected chi connectivity index (χ2v) is 17.9. The second kappa shape index (κ2) is 23.0. The summed E-state index contributed by atoms with van der Waals surface area (Å²) in [5, 5.41) is 2.43. The first kappa shape index (κ1) is 47.6. The summed E-state index contributed by atoms with van der Waals surface area (Å²) in [6.07, 6.45) is 2.47. The molecule has 4 aromatic rings. The molecule has 6 rings (SSSR count). The van der Waals surface area contributed by atoms with Crippen molar-refractivity contribution in [2.45, 2.75) is 49.3 Å². The quantitative estimate of drug-likeness (QED) is 0.174. The number of benzene rings is 4. The maximum atomic E-state index is 13.5. The van der Waals surface area contributed by atoms with Gasteiger partial charge in [-0.05, 0) is 119 Å². The van der Waals surface area contributed by atoms with Crippen LogP contribution in [-0.2, 0) is 47.4 Å². The molecule has 4 aromatic carbocycles. The third-order valence-corrected chi connectivity index (χ3v) is 14.4. The summed E-state index contributed by atoms with van der Waals surface area (Å²) in [6.45, 7) is 5.42. The van der Waals surface area contributed by atoms with Gasteiger partial charge in [0.25, 0.3) is 0 Å². The Morgan fingerprint density at radius 2 is 0.966 bits per heavy atom. The van der Waals surface area contributed by atoms with Crippen LogP contribution in [0.2, 0.25) is 0 Å². The normalized spacial score (nSPS) is 14.9. The number of hydrogen-bond acceptors (Lipinski definition) is 11. The summed E-state index contributed by atoms with van der Waals surface area (Å²) in [6, 6.07) is 32.0. The molecule has 0 spiro atoms. The van der Waals surface area contributed by atoms with Crippen molar-refractivity contribution in [3.63, 3.8) is 0 Å². The van der Waals surface area contributed by atoms with Crippen molar-refractivity contribution >= 4 is 62.6 Å². The summed E-state index contributed by atoms with van der Waals surface area (Å²) < 4.78 is 66.0. The van der Waals surface area contributed by atoms with Gasteiger partial charge in [0, 0.05) is 0 Å². The van der Waals surface area contributed by atoms with Crippen LogP contribution in [0.4, 0.5) is 11.4 Å². The first-order valence-electron chi connectivity index (χ1n) is 18.6. The van der Waals surface area contributed by atoms with Gasteiger partial charge in [0.05, 0.1) is 60.3 Å². The molecular weight excluding hydrogens is 804 g/mol. The van der Waals surface area contributed by atoms with Crippen LogP contribution in [0.25, 0.3) is 0 Å². The number of halogens is 1. The van der Waals surface area contributed by atoms with Crippen molar-refractivity contribution in [2.75, 3.05) is 56.1 Å². The predicted octanol–water partition coefficient (Wildman–Crippen LogP) is 5.70. The number of rotatable bonds is 12. The van der Waals surface area contributed by atoms with Crippen LogP contribution >= 0.6 is 12.4 Å². The largest absolute Gasteiger partial charge is 0.465 e. The molecule has 2 aliphatic rings. The number of carbonyl (C=O) groups excluding carboxylic acids is 3. The summed E-state index contributed by atoms with van der Waals surface area (Å²) in [5.41, 5.74) is 3.80. The highest BCUT2D eigenvalue weighted by Crippen LogP contribution is 2.29. The van der Waals surface area contributed by atoms with E-state index < -0.39 is 42.5 Å². The zero-order valence-corrected chi connectivity index (χ0v) is 35.5. The van der Waals surface area contributed by atoms with E-state index in [9.17, 15) is 26.4 Å². The van der Waals surface area contributed by atoms with Crippen molar-refractivity contribution in [1.29, 1.82) is 0 Å². The Bertz CT molecular complexity index is 2080. The highest BCUT2D eigenvalue weighted by atomic mass is 35.5. The van der Waals surface area contributed by atoms with Gasteiger partial charge in [-0.2, -0.15) is 0 Å². The number of carbonyl (C=O) groups is 3. The van der Waals surface area contributed by atoms with Crippen molar-refractivity contribution in [3.05, 3.63) is 131 Å². The Morgan fingerprint density at radius 3 is 1.31 bits per heavy atom. The third kappa shape index (κ3) is 12.6. The monoisotopic (exact) mass is 856 g/mol. The zero-order valence-electron chi connectivity index (χ0n) is 33.1. The Labute approximate surface area is 348 Å². The maximum Gasteiger partial charge on any atom is 0.337 e. The standard InChI is InChI=1S/C21H26N2O4S.C20H24N2O4S.CH2O.ClH/c1-22-14-12-20(13-15-22)28(25,26)23(19-6-4-3-5-7-19)16-17-8-10-18(11-9-17)21(24)27-2;1-26-20(23)17-9-7-16(8-10-17)15-22(18-5-3-2-4-6-18)27(24,25)19-11-13-21-14-12-19;1-2;/h3-11,20H,12-16H2,1-2H3;2-10,19,21H,11-15H2,1H3;1H2;1H. The lowest BCUT2D eigenvalue weighted by atomic mass is 10.1. The zero-order chi connectivity index (χ0) is 41.4. The van der Waals surface area contributed by atoms with Crippen LogP contribution in [0.1, 0.15) is 57.5 Å². The molecule has 0 amide bonds. The predicted molar refractivity (Wildman–Crippen MR) is 229 cm³/mol. The van der Waals surface area contributed by atoms with Gasteiger partial charge >= 0.3 is 11.9 Å². The molecule has 0 aromatic heterocycles. The van der Waals surface area contributed by atoms with Crippen LogP contribution in [0.5, 0.6) is 0 Å². The average Bonchev–Trinajstić information content (AvgIpc) is 3.26. The Balaban J connectivity index is 0.000000293. The third-order valence-electron chi connectivity index (χ3n) is 9.90. The van der Waals surface area contributed by atoms with Gasteiger partial charge in [0.15, 0.2) is 0 Å². The van der Waals surface area contributed by atoms with E-state index in [-0.39, 0.29) is 25.5 Å². The van der Waals surface area contributed by atoms with E-state index in [1.807, 2.05) is 62.4 Å². The number of hydrogen-bond donors (Lipinski definition) is 1. The number of esters is 2. The summed E-state index contributed by atoms with van der Waals surface area (Å²) >= 11 is 0. The first-order chi connectivity index (χ1) is 27.4. The van der Waals surface area contributed by atoms with Gasteiger partial charge in [-0.1, -0.05) is 60.7 Å². The number of para-hydroxylation sites is 2. The fourth-order valence-corrected chi connectivity index (χ4v) is 10.5. The molecule has 0 bridgehead atoms. The summed E-state index contributed by atoms with van der Waals surface area (Å²) in [4.78, 5) is 33.4. The van der Waals surface area contributed by atoms with Crippen LogP contribution in [-0.4, -0.2) is 98.4 Å². The van der Waals surface area contributed by atoms with Crippen LogP contribution in [0.3, 0.4) is 0 Å². The van der Waals surface area contributed by atoms with Crippen molar-refractivity contribution in [1.82, 2.24) is 10.2 Å². The number of anilines is 2. The molecule has 58 heavy (non-hydrogen) atoms. The lowest BCUT2D eigenvalue weighted by Crippen LogP contribution is -2.44. The molecule has 2 saturated heterocycles. The molecule has 314 valence electrons.